The summed E-state index contributed by atoms with van der Waals surface area (Å²) in [6.07, 6.45) is 2.18. The maximum atomic E-state index is 12.4. The molecule has 1 aliphatic heterocycles. The Kier molecular flexibility index (Phi) is 5.35. The molecule has 1 heterocycles. The topological polar surface area (TPSA) is 87.3 Å². The number of sulfonamides is 1. The lowest BCUT2D eigenvalue weighted by Gasteiger charge is -2.12. The minimum atomic E-state index is -3.67. The highest BCUT2D eigenvalue weighted by atomic mass is 32.2. The highest BCUT2D eigenvalue weighted by Crippen LogP contribution is 2.16. The second-order valence-electron chi connectivity index (χ2n) is 6.00. The quantitative estimate of drug-likeness (QED) is 0.736. The fourth-order valence-electron chi connectivity index (χ4n) is 2.75. The van der Waals surface area contributed by atoms with E-state index in [9.17, 15) is 13.2 Å². The predicted octanol–water partition coefficient (Wildman–Crippen LogP) is 1.97. The molecular formula is C18H21N3O3S. The number of hydrogen-bond acceptors (Lipinski definition) is 4. The van der Waals surface area contributed by atoms with Crippen molar-refractivity contribution in [1.82, 2.24) is 10.6 Å². The number of carbonyl (C=O) groups is 1. The van der Waals surface area contributed by atoms with Crippen molar-refractivity contribution in [3.63, 3.8) is 0 Å². The lowest BCUT2D eigenvalue weighted by molar-refractivity contribution is 0.0950. The van der Waals surface area contributed by atoms with Gasteiger partial charge >= 0.3 is 0 Å². The minimum Gasteiger partial charge on any atom is -0.350 e. The van der Waals surface area contributed by atoms with Gasteiger partial charge < -0.3 is 10.6 Å². The van der Waals surface area contributed by atoms with E-state index in [0.29, 0.717) is 23.8 Å². The zero-order valence-corrected chi connectivity index (χ0v) is 14.6. The zero-order valence-electron chi connectivity index (χ0n) is 13.7. The van der Waals surface area contributed by atoms with Gasteiger partial charge in [-0.3, -0.25) is 9.52 Å². The van der Waals surface area contributed by atoms with Crippen LogP contribution in [0.15, 0.2) is 59.5 Å². The summed E-state index contributed by atoms with van der Waals surface area (Å²) < 4.78 is 27.2. The van der Waals surface area contributed by atoms with Crippen molar-refractivity contribution in [1.29, 1.82) is 0 Å². The number of benzene rings is 2. The van der Waals surface area contributed by atoms with E-state index in [-0.39, 0.29) is 10.8 Å². The number of hydrogen-bond donors (Lipinski definition) is 3. The lowest BCUT2D eigenvalue weighted by Crippen LogP contribution is -2.37. The van der Waals surface area contributed by atoms with Crippen LogP contribution in [0.2, 0.25) is 0 Å². The molecule has 1 saturated heterocycles. The van der Waals surface area contributed by atoms with Crippen LogP contribution in [0.3, 0.4) is 0 Å². The molecule has 1 amide bonds. The van der Waals surface area contributed by atoms with E-state index < -0.39 is 10.0 Å². The molecule has 3 N–H and O–H groups in total. The summed E-state index contributed by atoms with van der Waals surface area (Å²) in [6, 6.07) is 14.9. The molecule has 0 aromatic heterocycles. The second-order valence-corrected chi connectivity index (χ2v) is 7.68. The smallest absolute Gasteiger partial charge is 0.261 e. The molecule has 132 valence electrons. The Morgan fingerprint density at radius 1 is 1.08 bits per heavy atom. The van der Waals surface area contributed by atoms with Gasteiger partial charge in [-0.1, -0.05) is 18.2 Å². The molecule has 7 heteroatoms. The fraction of sp³-hybridized carbons (Fsp3) is 0.278. The average Bonchev–Trinajstić information content (AvgIpc) is 3.14. The van der Waals surface area contributed by atoms with Crippen LogP contribution in [-0.4, -0.2) is 33.5 Å². The molecule has 0 radical (unpaired) electrons. The van der Waals surface area contributed by atoms with Crippen molar-refractivity contribution in [3.05, 3.63) is 60.2 Å². The van der Waals surface area contributed by atoms with Gasteiger partial charge in [-0.25, -0.2) is 8.42 Å². The monoisotopic (exact) mass is 359 g/mol. The van der Waals surface area contributed by atoms with E-state index >= 15 is 0 Å². The van der Waals surface area contributed by atoms with E-state index in [1.807, 2.05) is 6.07 Å². The molecule has 2 aromatic carbocycles. The van der Waals surface area contributed by atoms with E-state index in [1.54, 1.807) is 24.3 Å². The molecular weight excluding hydrogens is 338 g/mol. The highest BCUT2D eigenvalue weighted by molar-refractivity contribution is 7.92. The number of para-hydroxylation sites is 1. The third-order valence-corrected chi connectivity index (χ3v) is 5.52. The highest BCUT2D eigenvalue weighted by Gasteiger charge is 2.17. The summed E-state index contributed by atoms with van der Waals surface area (Å²) >= 11 is 0. The van der Waals surface area contributed by atoms with Gasteiger partial charge in [0.05, 0.1) is 4.90 Å². The number of amides is 1. The summed E-state index contributed by atoms with van der Waals surface area (Å²) in [4.78, 5) is 12.3. The molecule has 0 bridgehead atoms. The van der Waals surface area contributed by atoms with Crippen LogP contribution in [0, 0.1) is 0 Å². The average molecular weight is 359 g/mol. The standard InChI is InChI=1S/C18H21N3O3S/c22-18(20-13-16-7-4-12-19-16)14-8-10-17(11-9-14)25(23,24)21-15-5-2-1-3-6-15/h1-3,5-6,8-11,16,19,21H,4,7,12-13H2,(H,20,22). The van der Waals surface area contributed by atoms with E-state index in [4.69, 9.17) is 0 Å². The Morgan fingerprint density at radius 2 is 1.80 bits per heavy atom. The van der Waals surface area contributed by atoms with Crippen molar-refractivity contribution >= 4 is 21.6 Å². The third-order valence-electron chi connectivity index (χ3n) is 4.12. The fourth-order valence-corrected chi connectivity index (χ4v) is 3.81. The number of carbonyl (C=O) groups excluding carboxylic acids is 1. The van der Waals surface area contributed by atoms with Gasteiger partial charge in [0, 0.05) is 23.8 Å². The van der Waals surface area contributed by atoms with Crippen molar-refractivity contribution in [2.24, 2.45) is 0 Å². The van der Waals surface area contributed by atoms with Crippen LogP contribution < -0.4 is 15.4 Å². The molecule has 1 aliphatic rings. The molecule has 1 fully saturated rings. The minimum absolute atomic E-state index is 0.116. The first-order valence-electron chi connectivity index (χ1n) is 8.24. The molecule has 3 rings (SSSR count). The molecule has 0 spiro atoms. The Labute approximate surface area is 147 Å². The number of nitrogens with one attached hydrogen (secondary N) is 3. The Balaban J connectivity index is 1.63. The normalized spacial score (nSPS) is 17.2. The Hall–Kier alpha value is -2.38. The predicted molar refractivity (Wildman–Crippen MR) is 97.1 cm³/mol. The summed E-state index contributed by atoms with van der Waals surface area (Å²) in [5.74, 6) is -0.200. The summed E-state index contributed by atoms with van der Waals surface area (Å²) in [5.41, 5.74) is 0.935. The number of rotatable bonds is 6. The van der Waals surface area contributed by atoms with Crippen LogP contribution in [0.25, 0.3) is 0 Å². The van der Waals surface area contributed by atoms with Gasteiger partial charge in [-0.15, -0.1) is 0 Å². The van der Waals surface area contributed by atoms with Crippen molar-refractivity contribution in [2.45, 2.75) is 23.8 Å². The first kappa shape index (κ1) is 17.4. The van der Waals surface area contributed by atoms with Gasteiger partial charge in [-0.2, -0.15) is 0 Å². The van der Waals surface area contributed by atoms with Gasteiger partial charge in [0.15, 0.2) is 0 Å². The largest absolute Gasteiger partial charge is 0.350 e. The van der Waals surface area contributed by atoms with E-state index in [1.165, 1.54) is 24.3 Å². The van der Waals surface area contributed by atoms with Gasteiger partial charge in [-0.05, 0) is 55.8 Å². The molecule has 2 aromatic rings. The zero-order chi connectivity index (χ0) is 17.7. The van der Waals surface area contributed by atoms with Crippen molar-refractivity contribution in [3.8, 4) is 0 Å². The lowest BCUT2D eigenvalue weighted by atomic mass is 10.2. The van der Waals surface area contributed by atoms with Gasteiger partial charge in [0.1, 0.15) is 0 Å². The van der Waals surface area contributed by atoms with Crippen LogP contribution >= 0.6 is 0 Å². The maximum absolute atomic E-state index is 12.4. The van der Waals surface area contributed by atoms with E-state index in [2.05, 4.69) is 15.4 Å². The first-order valence-corrected chi connectivity index (χ1v) is 9.72. The van der Waals surface area contributed by atoms with Gasteiger partial charge in [0.2, 0.25) is 0 Å². The van der Waals surface area contributed by atoms with Crippen LogP contribution in [0.1, 0.15) is 23.2 Å². The molecule has 0 aliphatic carbocycles. The third kappa shape index (κ3) is 4.58. The molecule has 6 nitrogen and oxygen atoms in total. The van der Waals surface area contributed by atoms with Crippen LogP contribution in [0.4, 0.5) is 5.69 Å². The van der Waals surface area contributed by atoms with Crippen LogP contribution in [0.5, 0.6) is 0 Å². The van der Waals surface area contributed by atoms with Crippen molar-refractivity contribution < 1.29 is 13.2 Å². The Morgan fingerprint density at radius 3 is 2.44 bits per heavy atom. The Bertz CT molecular complexity index is 814. The molecule has 0 saturated carbocycles. The molecule has 25 heavy (non-hydrogen) atoms. The SMILES string of the molecule is O=C(NCC1CCCN1)c1ccc(S(=O)(=O)Nc2ccccc2)cc1. The van der Waals surface area contributed by atoms with E-state index in [0.717, 1.165) is 19.4 Å². The van der Waals surface area contributed by atoms with Crippen molar-refractivity contribution in [2.75, 3.05) is 17.8 Å². The number of anilines is 1. The first-order chi connectivity index (χ1) is 12.0. The summed E-state index contributed by atoms with van der Waals surface area (Å²) in [7, 11) is -3.67. The summed E-state index contributed by atoms with van der Waals surface area (Å²) in [6.45, 7) is 1.57. The second kappa shape index (κ2) is 7.67. The van der Waals surface area contributed by atoms with Crippen LogP contribution in [-0.2, 0) is 10.0 Å². The van der Waals surface area contributed by atoms with Gasteiger partial charge in [0.25, 0.3) is 15.9 Å². The molecule has 1 atom stereocenters. The maximum Gasteiger partial charge on any atom is 0.261 e. The summed E-state index contributed by atoms with van der Waals surface area (Å²) in [5, 5.41) is 6.19. The molecule has 1 unspecified atom stereocenters.